The van der Waals surface area contributed by atoms with Crippen LogP contribution in [0.4, 0.5) is 5.69 Å². The lowest BCUT2D eigenvalue weighted by atomic mass is 10.1. The Labute approximate surface area is 146 Å². The molecule has 0 aliphatic heterocycles. The molecule has 3 amide bonds. The van der Waals surface area contributed by atoms with E-state index in [1.807, 2.05) is 13.0 Å². The van der Waals surface area contributed by atoms with Crippen molar-refractivity contribution in [1.82, 2.24) is 10.9 Å². The number of hydrogen-bond acceptors (Lipinski definition) is 3. The lowest BCUT2D eigenvalue weighted by Gasteiger charge is -2.10. The molecule has 0 spiro atoms. The van der Waals surface area contributed by atoms with Crippen molar-refractivity contribution < 1.29 is 14.4 Å². The summed E-state index contributed by atoms with van der Waals surface area (Å²) in [7, 11) is 0. The van der Waals surface area contributed by atoms with Crippen LogP contribution in [0.3, 0.4) is 0 Å². The first kappa shape index (κ1) is 18.2. The minimum atomic E-state index is -0.442. The second kappa shape index (κ2) is 8.10. The Morgan fingerprint density at radius 2 is 1.44 bits per heavy atom. The molecule has 0 saturated heterocycles. The fourth-order valence-electron chi connectivity index (χ4n) is 2.04. The molecule has 2 rings (SSSR count). The Hall–Kier alpha value is -3.15. The highest BCUT2D eigenvalue weighted by atomic mass is 16.2. The van der Waals surface area contributed by atoms with Crippen LogP contribution in [0.5, 0.6) is 0 Å². The molecule has 0 radical (unpaired) electrons. The highest BCUT2D eigenvalue weighted by Gasteiger charge is 2.10. The molecule has 0 aromatic heterocycles. The number of rotatable bonds is 4. The molecule has 0 aliphatic rings. The van der Waals surface area contributed by atoms with Gasteiger partial charge in [-0.1, -0.05) is 31.5 Å². The SMILES string of the molecule is Cc1cccc(C(=O)NNC(=O)c2ccc(NC(=O)C(C)C)cc2)c1. The average molecular weight is 339 g/mol. The monoisotopic (exact) mass is 339 g/mol. The molecule has 0 fully saturated rings. The summed E-state index contributed by atoms with van der Waals surface area (Å²) in [4.78, 5) is 35.7. The van der Waals surface area contributed by atoms with Gasteiger partial charge in [0.05, 0.1) is 0 Å². The van der Waals surface area contributed by atoms with Crippen LogP contribution in [0.2, 0.25) is 0 Å². The second-order valence-electron chi connectivity index (χ2n) is 6.00. The number of amides is 3. The Morgan fingerprint density at radius 1 is 0.840 bits per heavy atom. The van der Waals surface area contributed by atoms with Crippen molar-refractivity contribution in [3.63, 3.8) is 0 Å². The number of aryl methyl sites for hydroxylation is 1. The van der Waals surface area contributed by atoms with Gasteiger partial charge in [0.25, 0.3) is 11.8 Å². The molecule has 0 unspecified atom stereocenters. The minimum Gasteiger partial charge on any atom is -0.326 e. The number of carbonyl (C=O) groups excluding carboxylic acids is 3. The maximum Gasteiger partial charge on any atom is 0.269 e. The third kappa shape index (κ3) is 5.17. The molecule has 6 nitrogen and oxygen atoms in total. The maximum absolute atomic E-state index is 12.1. The summed E-state index contributed by atoms with van der Waals surface area (Å²) < 4.78 is 0. The summed E-state index contributed by atoms with van der Waals surface area (Å²) in [5, 5.41) is 2.74. The first-order chi connectivity index (χ1) is 11.9. The van der Waals surface area contributed by atoms with Crippen molar-refractivity contribution in [3.8, 4) is 0 Å². The Morgan fingerprint density at radius 3 is 2.00 bits per heavy atom. The number of benzene rings is 2. The van der Waals surface area contributed by atoms with Crippen LogP contribution in [0.25, 0.3) is 0 Å². The zero-order chi connectivity index (χ0) is 18.4. The highest BCUT2D eigenvalue weighted by molar-refractivity contribution is 5.99. The third-order valence-corrected chi connectivity index (χ3v) is 3.51. The van der Waals surface area contributed by atoms with Gasteiger partial charge in [-0.05, 0) is 43.3 Å². The number of anilines is 1. The van der Waals surface area contributed by atoms with E-state index in [1.54, 1.807) is 56.3 Å². The van der Waals surface area contributed by atoms with Gasteiger partial charge in [0, 0.05) is 22.7 Å². The van der Waals surface area contributed by atoms with Gasteiger partial charge in [0.15, 0.2) is 0 Å². The van der Waals surface area contributed by atoms with E-state index >= 15 is 0 Å². The summed E-state index contributed by atoms with van der Waals surface area (Å²) in [6, 6.07) is 13.5. The molecule has 6 heteroatoms. The molecule has 0 heterocycles. The second-order valence-corrected chi connectivity index (χ2v) is 6.00. The zero-order valence-corrected chi connectivity index (χ0v) is 14.4. The van der Waals surface area contributed by atoms with E-state index < -0.39 is 11.8 Å². The summed E-state index contributed by atoms with van der Waals surface area (Å²) in [5.74, 6) is -1.05. The van der Waals surface area contributed by atoms with Crippen LogP contribution in [0.1, 0.15) is 40.1 Å². The van der Waals surface area contributed by atoms with Crippen LogP contribution in [-0.4, -0.2) is 17.7 Å². The zero-order valence-electron chi connectivity index (χ0n) is 14.4. The van der Waals surface area contributed by atoms with Gasteiger partial charge in [-0.3, -0.25) is 25.2 Å². The number of nitrogens with one attached hydrogen (secondary N) is 3. The third-order valence-electron chi connectivity index (χ3n) is 3.51. The van der Waals surface area contributed by atoms with Crippen molar-refractivity contribution in [2.24, 2.45) is 5.92 Å². The van der Waals surface area contributed by atoms with Gasteiger partial charge in [-0.15, -0.1) is 0 Å². The molecular formula is C19H21N3O3. The molecular weight excluding hydrogens is 318 g/mol. The maximum atomic E-state index is 12.1. The smallest absolute Gasteiger partial charge is 0.269 e. The Bertz CT molecular complexity index is 783. The largest absolute Gasteiger partial charge is 0.326 e. The summed E-state index contributed by atoms with van der Waals surface area (Å²) in [6.45, 7) is 5.48. The summed E-state index contributed by atoms with van der Waals surface area (Å²) in [6.07, 6.45) is 0. The van der Waals surface area contributed by atoms with Crippen molar-refractivity contribution in [1.29, 1.82) is 0 Å². The standard InChI is InChI=1S/C19H21N3O3/c1-12(2)17(23)20-16-9-7-14(8-10-16)18(24)21-22-19(25)15-6-4-5-13(3)11-15/h4-12H,1-3H3,(H,20,23)(H,21,24)(H,22,25). The molecule has 0 atom stereocenters. The van der Waals surface area contributed by atoms with Gasteiger partial charge < -0.3 is 5.32 Å². The summed E-state index contributed by atoms with van der Waals surface area (Å²) >= 11 is 0. The molecule has 2 aromatic rings. The fourth-order valence-corrected chi connectivity index (χ4v) is 2.04. The molecule has 3 N–H and O–H groups in total. The van der Waals surface area contributed by atoms with Gasteiger partial charge in [0.1, 0.15) is 0 Å². The van der Waals surface area contributed by atoms with Crippen LogP contribution < -0.4 is 16.2 Å². The van der Waals surface area contributed by atoms with Gasteiger partial charge in [0.2, 0.25) is 5.91 Å². The van der Waals surface area contributed by atoms with E-state index in [0.717, 1.165) is 5.56 Å². The Kier molecular flexibility index (Phi) is 5.89. The van der Waals surface area contributed by atoms with E-state index in [4.69, 9.17) is 0 Å². The van der Waals surface area contributed by atoms with Crippen LogP contribution in [-0.2, 0) is 4.79 Å². The van der Waals surface area contributed by atoms with Crippen molar-refractivity contribution in [2.75, 3.05) is 5.32 Å². The lowest BCUT2D eigenvalue weighted by Crippen LogP contribution is -2.41. The van der Waals surface area contributed by atoms with Crippen molar-refractivity contribution in [2.45, 2.75) is 20.8 Å². The molecule has 0 saturated carbocycles. The number of hydrazine groups is 1. The van der Waals surface area contributed by atoms with Crippen LogP contribution in [0, 0.1) is 12.8 Å². The van der Waals surface area contributed by atoms with Gasteiger partial charge >= 0.3 is 0 Å². The molecule has 0 aliphatic carbocycles. The minimum absolute atomic E-state index is 0.0948. The number of carbonyl (C=O) groups is 3. The molecule has 130 valence electrons. The Balaban J connectivity index is 1.92. The van der Waals surface area contributed by atoms with E-state index in [9.17, 15) is 14.4 Å². The topological polar surface area (TPSA) is 87.3 Å². The van der Waals surface area contributed by atoms with Gasteiger partial charge in [-0.2, -0.15) is 0 Å². The number of hydrogen-bond donors (Lipinski definition) is 3. The molecule has 25 heavy (non-hydrogen) atoms. The van der Waals surface area contributed by atoms with E-state index in [2.05, 4.69) is 16.2 Å². The average Bonchev–Trinajstić information content (AvgIpc) is 2.59. The van der Waals surface area contributed by atoms with E-state index in [1.165, 1.54) is 0 Å². The van der Waals surface area contributed by atoms with Crippen molar-refractivity contribution >= 4 is 23.4 Å². The highest BCUT2D eigenvalue weighted by Crippen LogP contribution is 2.11. The molecule has 2 aromatic carbocycles. The summed E-state index contributed by atoms with van der Waals surface area (Å²) in [5.41, 5.74) is 7.15. The lowest BCUT2D eigenvalue weighted by molar-refractivity contribution is -0.118. The van der Waals surface area contributed by atoms with E-state index in [0.29, 0.717) is 16.8 Å². The predicted molar refractivity (Wildman–Crippen MR) is 96.0 cm³/mol. The van der Waals surface area contributed by atoms with Crippen LogP contribution >= 0.6 is 0 Å². The van der Waals surface area contributed by atoms with Gasteiger partial charge in [-0.25, -0.2) is 0 Å². The van der Waals surface area contributed by atoms with Crippen molar-refractivity contribution in [3.05, 3.63) is 65.2 Å². The normalized spacial score (nSPS) is 10.2. The van der Waals surface area contributed by atoms with Crippen LogP contribution in [0.15, 0.2) is 48.5 Å². The molecule has 0 bridgehead atoms. The predicted octanol–water partition coefficient (Wildman–Crippen LogP) is 2.66. The fraction of sp³-hybridized carbons (Fsp3) is 0.211. The quantitative estimate of drug-likeness (QED) is 0.748. The first-order valence-electron chi connectivity index (χ1n) is 7.95. The first-order valence-corrected chi connectivity index (χ1v) is 7.95. The van der Waals surface area contributed by atoms with E-state index in [-0.39, 0.29) is 11.8 Å².